The van der Waals surface area contributed by atoms with Gasteiger partial charge in [0.1, 0.15) is 17.6 Å². The van der Waals surface area contributed by atoms with Crippen LogP contribution in [0.5, 0.6) is 0 Å². The SMILES string of the molecule is CC1CCCCC1N(C)C(=O)c1cc(N)ncc1[N+](=O)[O-]. The van der Waals surface area contributed by atoms with E-state index in [1.54, 1.807) is 11.9 Å². The van der Waals surface area contributed by atoms with Crippen molar-refractivity contribution in [2.45, 2.75) is 38.6 Å². The Hall–Kier alpha value is -2.18. The van der Waals surface area contributed by atoms with E-state index in [0.717, 1.165) is 25.5 Å². The van der Waals surface area contributed by atoms with Crippen LogP contribution >= 0.6 is 0 Å². The first-order valence-corrected chi connectivity index (χ1v) is 7.09. The predicted molar refractivity (Wildman–Crippen MR) is 78.8 cm³/mol. The number of hydrogen-bond donors (Lipinski definition) is 1. The molecule has 0 saturated heterocycles. The molecule has 1 aliphatic carbocycles. The average Bonchev–Trinajstić information content (AvgIpc) is 2.45. The normalized spacial score (nSPS) is 21.8. The summed E-state index contributed by atoms with van der Waals surface area (Å²) in [4.78, 5) is 28.4. The van der Waals surface area contributed by atoms with Gasteiger partial charge in [0.05, 0.1) is 4.92 Å². The van der Waals surface area contributed by atoms with E-state index in [2.05, 4.69) is 11.9 Å². The number of amides is 1. The molecule has 0 bridgehead atoms. The minimum atomic E-state index is -0.599. The molecule has 2 N–H and O–H groups in total. The number of nitrogens with zero attached hydrogens (tertiary/aromatic N) is 3. The summed E-state index contributed by atoms with van der Waals surface area (Å²) in [6, 6.07) is 1.39. The van der Waals surface area contributed by atoms with Crippen molar-refractivity contribution < 1.29 is 9.72 Å². The summed E-state index contributed by atoms with van der Waals surface area (Å²) in [5.41, 5.74) is 5.27. The zero-order chi connectivity index (χ0) is 15.6. The molecule has 1 heterocycles. The molecule has 0 aliphatic heterocycles. The van der Waals surface area contributed by atoms with Crippen LogP contribution in [0.1, 0.15) is 43.0 Å². The van der Waals surface area contributed by atoms with Gasteiger partial charge in [-0.05, 0) is 24.8 Å². The minimum Gasteiger partial charge on any atom is -0.384 e. The van der Waals surface area contributed by atoms with Gasteiger partial charge in [-0.25, -0.2) is 4.98 Å². The summed E-state index contributed by atoms with van der Waals surface area (Å²) in [5, 5.41) is 11.1. The van der Waals surface area contributed by atoms with Crippen LogP contribution in [0.3, 0.4) is 0 Å². The summed E-state index contributed by atoms with van der Waals surface area (Å²) in [6.45, 7) is 2.11. The second-order valence-electron chi connectivity index (χ2n) is 5.63. The van der Waals surface area contributed by atoms with Crippen molar-refractivity contribution in [1.29, 1.82) is 0 Å². The highest BCUT2D eigenvalue weighted by molar-refractivity contribution is 5.98. The first-order valence-electron chi connectivity index (χ1n) is 7.09. The lowest BCUT2D eigenvalue weighted by Gasteiger charge is -2.36. The van der Waals surface area contributed by atoms with Crippen molar-refractivity contribution in [2.75, 3.05) is 12.8 Å². The molecule has 7 nitrogen and oxygen atoms in total. The van der Waals surface area contributed by atoms with Gasteiger partial charge in [-0.3, -0.25) is 14.9 Å². The molecule has 1 aromatic rings. The standard InChI is InChI=1S/C14H20N4O3/c1-9-5-3-4-6-11(9)17(2)14(19)10-7-13(15)16-8-12(10)18(20)21/h7-9,11H,3-6H2,1-2H3,(H2,15,16). The number of carbonyl (C=O) groups is 1. The van der Waals surface area contributed by atoms with Crippen LogP contribution in [-0.2, 0) is 0 Å². The molecule has 2 rings (SSSR count). The summed E-state index contributed by atoms with van der Waals surface area (Å²) < 4.78 is 0. The number of nitrogen functional groups attached to an aromatic ring is 1. The summed E-state index contributed by atoms with van der Waals surface area (Å²) in [6.07, 6.45) is 5.29. The van der Waals surface area contributed by atoms with E-state index < -0.39 is 4.92 Å². The van der Waals surface area contributed by atoms with E-state index in [-0.39, 0.29) is 29.0 Å². The largest absolute Gasteiger partial charge is 0.384 e. The maximum Gasteiger partial charge on any atom is 0.300 e. The molecule has 7 heteroatoms. The summed E-state index contributed by atoms with van der Waals surface area (Å²) in [7, 11) is 1.70. The molecule has 1 fully saturated rings. The molecule has 114 valence electrons. The molecule has 1 amide bonds. The van der Waals surface area contributed by atoms with Crippen LogP contribution in [0.15, 0.2) is 12.3 Å². The second-order valence-corrected chi connectivity index (χ2v) is 5.63. The van der Waals surface area contributed by atoms with Crippen molar-refractivity contribution in [3.05, 3.63) is 27.9 Å². The number of hydrogen-bond acceptors (Lipinski definition) is 5. The number of nitrogens with two attached hydrogens (primary N) is 1. The Balaban J connectivity index is 2.30. The maximum atomic E-state index is 12.6. The lowest BCUT2D eigenvalue weighted by atomic mass is 9.85. The summed E-state index contributed by atoms with van der Waals surface area (Å²) >= 11 is 0. The Labute approximate surface area is 123 Å². The van der Waals surface area contributed by atoms with Gasteiger partial charge >= 0.3 is 0 Å². The molecule has 21 heavy (non-hydrogen) atoms. The first-order chi connectivity index (χ1) is 9.91. The quantitative estimate of drug-likeness (QED) is 0.679. The van der Waals surface area contributed by atoms with Crippen molar-refractivity contribution in [3.8, 4) is 0 Å². The van der Waals surface area contributed by atoms with E-state index in [0.29, 0.717) is 5.92 Å². The highest BCUT2D eigenvalue weighted by Gasteiger charge is 2.31. The van der Waals surface area contributed by atoms with Gasteiger partial charge in [0.2, 0.25) is 0 Å². The number of pyridine rings is 1. The smallest absolute Gasteiger partial charge is 0.300 e. The molecular formula is C14H20N4O3. The monoisotopic (exact) mass is 292 g/mol. The Morgan fingerprint density at radius 2 is 2.14 bits per heavy atom. The number of aromatic nitrogens is 1. The van der Waals surface area contributed by atoms with E-state index >= 15 is 0 Å². The fraction of sp³-hybridized carbons (Fsp3) is 0.571. The Morgan fingerprint density at radius 3 is 2.76 bits per heavy atom. The molecule has 1 saturated carbocycles. The third-order valence-electron chi connectivity index (χ3n) is 4.22. The predicted octanol–water partition coefficient (Wildman–Crippen LogP) is 2.22. The van der Waals surface area contributed by atoms with Gasteiger partial charge in [-0.1, -0.05) is 19.8 Å². The number of nitro groups is 1. The van der Waals surface area contributed by atoms with Crippen molar-refractivity contribution in [2.24, 2.45) is 5.92 Å². The highest BCUT2D eigenvalue weighted by Crippen LogP contribution is 2.29. The number of anilines is 1. The van der Waals surface area contributed by atoms with Crippen LogP contribution in [0.25, 0.3) is 0 Å². The second kappa shape index (κ2) is 6.07. The molecular weight excluding hydrogens is 272 g/mol. The lowest BCUT2D eigenvalue weighted by Crippen LogP contribution is -2.42. The van der Waals surface area contributed by atoms with Crippen LogP contribution in [0, 0.1) is 16.0 Å². The molecule has 2 unspecified atom stereocenters. The van der Waals surface area contributed by atoms with Gasteiger partial charge in [0, 0.05) is 13.1 Å². The van der Waals surface area contributed by atoms with Crippen molar-refractivity contribution in [3.63, 3.8) is 0 Å². The molecule has 1 aliphatic rings. The molecule has 2 atom stereocenters. The van der Waals surface area contributed by atoms with Crippen LogP contribution in [0.4, 0.5) is 11.5 Å². The third kappa shape index (κ3) is 3.12. The number of carbonyl (C=O) groups excluding carboxylic acids is 1. The van der Waals surface area contributed by atoms with Gasteiger partial charge in [-0.15, -0.1) is 0 Å². The average molecular weight is 292 g/mol. The topological polar surface area (TPSA) is 102 Å². The van der Waals surface area contributed by atoms with E-state index in [1.165, 1.54) is 12.5 Å². The van der Waals surface area contributed by atoms with Crippen LogP contribution < -0.4 is 5.73 Å². The van der Waals surface area contributed by atoms with Crippen LogP contribution in [0.2, 0.25) is 0 Å². The number of rotatable bonds is 3. The highest BCUT2D eigenvalue weighted by atomic mass is 16.6. The zero-order valence-electron chi connectivity index (χ0n) is 12.3. The zero-order valence-corrected chi connectivity index (χ0v) is 12.3. The van der Waals surface area contributed by atoms with Gasteiger partial charge in [-0.2, -0.15) is 0 Å². The summed E-state index contributed by atoms with van der Waals surface area (Å²) in [5.74, 6) is 0.134. The van der Waals surface area contributed by atoms with Gasteiger partial charge in [0.15, 0.2) is 0 Å². The first kappa shape index (κ1) is 15.2. The molecule has 0 spiro atoms. The van der Waals surface area contributed by atoms with Crippen molar-refractivity contribution >= 4 is 17.4 Å². The third-order valence-corrected chi connectivity index (χ3v) is 4.22. The fourth-order valence-electron chi connectivity index (χ4n) is 2.99. The molecule has 1 aromatic heterocycles. The Kier molecular flexibility index (Phi) is 4.40. The van der Waals surface area contributed by atoms with E-state index in [1.807, 2.05) is 0 Å². The Bertz CT molecular complexity index is 561. The van der Waals surface area contributed by atoms with E-state index in [4.69, 9.17) is 5.73 Å². The lowest BCUT2D eigenvalue weighted by molar-refractivity contribution is -0.385. The molecule has 0 aromatic carbocycles. The minimum absolute atomic E-state index is 0.00720. The van der Waals surface area contributed by atoms with Crippen molar-refractivity contribution in [1.82, 2.24) is 9.88 Å². The fourth-order valence-corrected chi connectivity index (χ4v) is 2.99. The maximum absolute atomic E-state index is 12.6. The molecule has 0 radical (unpaired) electrons. The van der Waals surface area contributed by atoms with E-state index in [9.17, 15) is 14.9 Å². The van der Waals surface area contributed by atoms with Gasteiger partial charge < -0.3 is 10.6 Å². The Morgan fingerprint density at radius 1 is 1.48 bits per heavy atom. The van der Waals surface area contributed by atoms with Gasteiger partial charge in [0.25, 0.3) is 11.6 Å². The van der Waals surface area contributed by atoms with Crippen LogP contribution in [-0.4, -0.2) is 33.8 Å².